The fourth-order valence-electron chi connectivity index (χ4n) is 2.16. The molecule has 0 aliphatic heterocycles. The number of benzene rings is 1. The second-order valence-electron chi connectivity index (χ2n) is 5.11. The molecule has 6 heteroatoms. The maximum atomic E-state index is 12.5. The molecule has 0 saturated carbocycles. The van der Waals surface area contributed by atoms with E-state index in [0.29, 0.717) is 22.7 Å². The fourth-order valence-corrected chi connectivity index (χ4v) is 3.67. The van der Waals surface area contributed by atoms with E-state index in [-0.39, 0.29) is 5.91 Å². The van der Waals surface area contributed by atoms with E-state index in [1.165, 1.54) is 16.9 Å². The molecule has 0 aliphatic carbocycles. The van der Waals surface area contributed by atoms with Gasteiger partial charge in [0.25, 0.3) is 5.91 Å². The summed E-state index contributed by atoms with van der Waals surface area (Å²) < 4.78 is 5.07. The van der Waals surface area contributed by atoms with Crippen LogP contribution in [0.5, 0.6) is 0 Å². The monoisotopic (exact) mass is 363 g/mol. The average molecular weight is 364 g/mol. The van der Waals surface area contributed by atoms with Gasteiger partial charge in [-0.2, -0.15) is 11.8 Å². The molecule has 0 saturated heterocycles. The number of amides is 1. The first-order valence-electron chi connectivity index (χ1n) is 7.78. The Morgan fingerprint density at radius 3 is 2.50 bits per heavy atom. The van der Waals surface area contributed by atoms with Crippen LogP contribution in [0.15, 0.2) is 30.3 Å². The number of esters is 1. The van der Waals surface area contributed by atoms with E-state index in [1.807, 2.05) is 25.3 Å². The zero-order valence-electron chi connectivity index (χ0n) is 14.0. The van der Waals surface area contributed by atoms with E-state index in [9.17, 15) is 9.59 Å². The van der Waals surface area contributed by atoms with E-state index >= 15 is 0 Å². The number of anilines is 1. The number of nitrogens with one attached hydrogen (secondary N) is 1. The van der Waals surface area contributed by atoms with Crippen LogP contribution in [0.25, 0.3) is 0 Å². The Morgan fingerprint density at radius 1 is 1.21 bits per heavy atom. The van der Waals surface area contributed by atoms with Crippen molar-refractivity contribution in [1.29, 1.82) is 0 Å². The molecule has 1 aromatic heterocycles. The van der Waals surface area contributed by atoms with Crippen LogP contribution in [0.2, 0.25) is 0 Å². The first-order valence-corrected chi connectivity index (χ1v) is 9.99. The van der Waals surface area contributed by atoms with E-state index in [4.69, 9.17) is 4.74 Å². The molecular formula is C18H21NO3S2. The van der Waals surface area contributed by atoms with Crippen molar-refractivity contribution in [3.8, 4) is 0 Å². The van der Waals surface area contributed by atoms with E-state index < -0.39 is 5.97 Å². The lowest BCUT2D eigenvalue weighted by Gasteiger charge is -2.07. The number of carbonyl (C=O) groups is 2. The lowest BCUT2D eigenvalue weighted by molar-refractivity contribution is 0.0528. The topological polar surface area (TPSA) is 55.4 Å². The highest BCUT2D eigenvalue weighted by molar-refractivity contribution is 7.97. The molecule has 0 fully saturated rings. The molecule has 24 heavy (non-hydrogen) atoms. The summed E-state index contributed by atoms with van der Waals surface area (Å²) in [6.07, 6.45) is 2.84. The molecule has 128 valence electrons. The molecule has 1 N–H and O–H groups in total. The second kappa shape index (κ2) is 8.89. The third kappa shape index (κ3) is 4.61. The standard InChI is InChI=1S/C18H21NO3S2/c1-4-14-10-15(18(21)22-5-2)17(24-14)19-16(20)13-8-6-12(7-9-13)11-23-3/h6-10H,4-5,11H2,1-3H3,(H,19,20). The Labute approximate surface area is 150 Å². The highest BCUT2D eigenvalue weighted by atomic mass is 32.2. The smallest absolute Gasteiger partial charge is 0.341 e. The van der Waals surface area contributed by atoms with Crippen molar-refractivity contribution in [3.63, 3.8) is 0 Å². The summed E-state index contributed by atoms with van der Waals surface area (Å²) in [5.41, 5.74) is 2.17. The van der Waals surface area contributed by atoms with Gasteiger partial charge < -0.3 is 10.1 Å². The molecule has 1 amide bonds. The maximum absolute atomic E-state index is 12.5. The van der Waals surface area contributed by atoms with Crippen molar-refractivity contribution in [2.75, 3.05) is 18.2 Å². The molecule has 0 radical (unpaired) electrons. The number of carbonyl (C=O) groups excluding carboxylic acids is 2. The van der Waals surface area contributed by atoms with Crippen LogP contribution in [-0.4, -0.2) is 24.7 Å². The summed E-state index contributed by atoms with van der Waals surface area (Å²) in [7, 11) is 0. The van der Waals surface area contributed by atoms with Crippen LogP contribution in [0.4, 0.5) is 5.00 Å². The molecule has 1 heterocycles. The van der Waals surface area contributed by atoms with Crippen molar-refractivity contribution < 1.29 is 14.3 Å². The number of aryl methyl sites for hydroxylation is 1. The van der Waals surface area contributed by atoms with Crippen molar-refractivity contribution in [2.24, 2.45) is 0 Å². The first kappa shape index (κ1) is 18.5. The van der Waals surface area contributed by atoms with E-state index in [2.05, 4.69) is 5.32 Å². The van der Waals surface area contributed by atoms with Crippen LogP contribution in [0.1, 0.15) is 45.0 Å². The summed E-state index contributed by atoms with van der Waals surface area (Å²) in [5.74, 6) is 0.291. The molecule has 2 rings (SSSR count). The largest absolute Gasteiger partial charge is 0.462 e. The van der Waals surface area contributed by atoms with Gasteiger partial charge in [0.2, 0.25) is 0 Å². The summed E-state index contributed by atoms with van der Waals surface area (Å²) in [6.45, 7) is 4.08. The highest BCUT2D eigenvalue weighted by Gasteiger charge is 2.19. The van der Waals surface area contributed by atoms with Gasteiger partial charge >= 0.3 is 5.97 Å². The molecule has 4 nitrogen and oxygen atoms in total. The number of ether oxygens (including phenoxy) is 1. The van der Waals surface area contributed by atoms with Gasteiger partial charge in [-0.1, -0.05) is 19.1 Å². The van der Waals surface area contributed by atoms with Gasteiger partial charge in [-0.05, 0) is 43.4 Å². The predicted octanol–water partition coefficient (Wildman–Crippen LogP) is 4.60. The summed E-state index contributed by atoms with van der Waals surface area (Å²) in [4.78, 5) is 25.5. The highest BCUT2D eigenvalue weighted by Crippen LogP contribution is 2.29. The lowest BCUT2D eigenvalue weighted by Crippen LogP contribution is -2.14. The van der Waals surface area contributed by atoms with Gasteiger partial charge in [-0.15, -0.1) is 11.3 Å². The number of rotatable bonds is 7. The van der Waals surface area contributed by atoms with Gasteiger partial charge in [-0.3, -0.25) is 4.79 Å². The minimum atomic E-state index is -0.404. The van der Waals surface area contributed by atoms with Gasteiger partial charge in [0, 0.05) is 16.2 Å². The molecule has 0 spiro atoms. The molecule has 0 aliphatic rings. The molecule has 0 bridgehead atoms. The maximum Gasteiger partial charge on any atom is 0.341 e. The predicted molar refractivity (Wildman–Crippen MR) is 101 cm³/mol. The van der Waals surface area contributed by atoms with Crippen LogP contribution in [0.3, 0.4) is 0 Å². The third-order valence-electron chi connectivity index (χ3n) is 3.38. The average Bonchev–Trinajstić information content (AvgIpc) is 2.99. The zero-order valence-corrected chi connectivity index (χ0v) is 15.7. The zero-order chi connectivity index (χ0) is 17.5. The Hall–Kier alpha value is -1.79. The van der Waals surface area contributed by atoms with Gasteiger partial charge in [0.1, 0.15) is 5.00 Å². The number of hydrogen-bond acceptors (Lipinski definition) is 5. The number of hydrogen-bond donors (Lipinski definition) is 1. The second-order valence-corrected chi connectivity index (χ2v) is 7.12. The normalized spacial score (nSPS) is 10.5. The van der Waals surface area contributed by atoms with Crippen molar-refractivity contribution in [3.05, 3.63) is 51.9 Å². The van der Waals surface area contributed by atoms with Crippen molar-refractivity contribution in [2.45, 2.75) is 26.0 Å². The summed E-state index contributed by atoms with van der Waals surface area (Å²) in [5, 5.41) is 3.39. The molecule has 2 aromatic rings. The number of thiophene rings is 1. The van der Waals surface area contributed by atoms with Crippen LogP contribution in [-0.2, 0) is 16.9 Å². The van der Waals surface area contributed by atoms with E-state index in [1.54, 1.807) is 36.9 Å². The number of thioether (sulfide) groups is 1. The SMILES string of the molecule is CCOC(=O)c1cc(CC)sc1NC(=O)c1ccc(CSC)cc1. The van der Waals surface area contributed by atoms with Gasteiger partial charge in [0.05, 0.1) is 12.2 Å². The Bertz CT molecular complexity index is 708. The fraction of sp³-hybridized carbons (Fsp3) is 0.333. The minimum Gasteiger partial charge on any atom is -0.462 e. The third-order valence-corrected chi connectivity index (χ3v) is 5.20. The van der Waals surface area contributed by atoms with Crippen molar-refractivity contribution in [1.82, 2.24) is 0 Å². The molecule has 1 aromatic carbocycles. The molecule has 0 unspecified atom stereocenters. The van der Waals surface area contributed by atoms with Gasteiger partial charge in [-0.25, -0.2) is 4.79 Å². The first-order chi connectivity index (χ1) is 11.6. The lowest BCUT2D eigenvalue weighted by atomic mass is 10.1. The Morgan fingerprint density at radius 2 is 1.92 bits per heavy atom. The van der Waals surface area contributed by atoms with E-state index in [0.717, 1.165) is 17.1 Å². The van der Waals surface area contributed by atoms with Crippen LogP contribution in [0, 0.1) is 0 Å². The quantitative estimate of drug-likeness (QED) is 0.730. The minimum absolute atomic E-state index is 0.222. The molecule has 0 atom stereocenters. The van der Waals surface area contributed by atoms with Crippen molar-refractivity contribution >= 4 is 40.0 Å². The Kier molecular flexibility index (Phi) is 6.87. The molecular weight excluding hydrogens is 342 g/mol. The Balaban J connectivity index is 2.18. The summed E-state index contributed by atoms with van der Waals surface area (Å²) >= 11 is 3.15. The van der Waals surface area contributed by atoms with Crippen LogP contribution >= 0.6 is 23.1 Å². The van der Waals surface area contributed by atoms with Gasteiger partial charge in [0.15, 0.2) is 0 Å². The summed E-state index contributed by atoms with van der Waals surface area (Å²) in [6, 6.07) is 9.30. The van der Waals surface area contributed by atoms with Crippen LogP contribution < -0.4 is 5.32 Å².